The first-order chi connectivity index (χ1) is 5.38. The SMILES string of the molecule is Nc1ccsc1-c1ncco1. The molecule has 0 unspecified atom stereocenters. The molecule has 0 spiro atoms. The summed E-state index contributed by atoms with van der Waals surface area (Å²) in [7, 11) is 0. The fourth-order valence-corrected chi connectivity index (χ4v) is 1.59. The van der Waals surface area contributed by atoms with E-state index in [0.717, 1.165) is 10.6 Å². The molecule has 0 fully saturated rings. The Morgan fingerprint density at radius 1 is 1.55 bits per heavy atom. The Kier molecular flexibility index (Phi) is 1.40. The maximum atomic E-state index is 5.64. The molecule has 11 heavy (non-hydrogen) atoms. The van der Waals surface area contributed by atoms with Crippen molar-refractivity contribution in [1.29, 1.82) is 0 Å². The molecule has 0 aliphatic rings. The molecular weight excluding hydrogens is 160 g/mol. The second-order valence-electron chi connectivity index (χ2n) is 2.04. The number of nitrogens with two attached hydrogens (primary N) is 1. The van der Waals surface area contributed by atoms with Crippen molar-refractivity contribution in [2.45, 2.75) is 0 Å². The molecule has 0 saturated heterocycles. The van der Waals surface area contributed by atoms with Crippen LogP contribution in [-0.4, -0.2) is 4.98 Å². The molecule has 0 bridgehead atoms. The third-order valence-corrected chi connectivity index (χ3v) is 2.24. The van der Waals surface area contributed by atoms with E-state index in [-0.39, 0.29) is 0 Å². The van der Waals surface area contributed by atoms with Crippen molar-refractivity contribution >= 4 is 17.0 Å². The van der Waals surface area contributed by atoms with Gasteiger partial charge in [0, 0.05) is 0 Å². The van der Waals surface area contributed by atoms with Crippen molar-refractivity contribution in [3.8, 4) is 10.8 Å². The van der Waals surface area contributed by atoms with Crippen LogP contribution in [0.2, 0.25) is 0 Å². The van der Waals surface area contributed by atoms with Crippen LogP contribution in [0.3, 0.4) is 0 Å². The Balaban J connectivity index is 2.53. The van der Waals surface area contributed by atoms with E-state index in [0.29, 0.717) is 5.89 Å². The van der Waals surface area contributed by atoms with Crippen LogP contribution in [0.25, 0.3) is 10.8 Å². The lowest BCUT2D eigenvalue weighted by molar-refractivity contribution is 0.576. The van der Waals surface area contributed by atoms with Gasteiger partial charge in [0.2, 0.25) is 5.89 Å². The molecule has 0 aromatic carbocycles. The van der Waals surface area contributed by atoms with Crippen molar-refractivity contribution in [2.24, 2.45) is 0 Å². The minimum Gasteiger partial charge on any atom is -0.444 e. The standard InChI is InChI=1S/C7H6N2OS/c8-5-1-4-11-6(5)7-9-2-3-10-7/h1-4H,8H2. The zero-order chi connectivity index (χ0) is 7.68. The van der Waals surface area contributed by atoms with E-state index >= 15 is 0 Å². The highest BCUT2D eigenvalue weighted by molar-refractivity contribution is 7.14. The van der Waals surface area contributed by atoms with E-state index < -0.39 is 0 Å². The van der Waals surface area contributed by atoms with Gasteiger partial charge in [0.15, 0.2) is 0 Å². The van der Waals surface area contributed by atoms with Gasteiger partial charge in [0.25, 0.3) is 0 Å². The summed E-state index contributed by atoms with van der Waals surface area (Å²) in [5.41, 5.74) is 6.36. The average Bonchev–Trinajstić information content (AvgIpc) is 2.55. The molecular formula is C7H6N2OS. The third kappa shape index (κ3) is 1.01. The van der Waals surface area contributed by atoms with E-state index in [1.165, 1.54) is 17.6 Å². The molecule has 2 N–H and O–H groups in total. The Bertz CT molecular complexity index is 339. The van der Waals surface area contributed by atoms with Gasteiger partial charge < -0.3 is 10.2 Å². The monoisotopic (exact) mass is 166 g/mol. The lowest BCUT2D eigenvalue weighted by atomic mass is 10.4. The predicted molar refractivity (Wildman–Crippen MR) is 44.2 cm³/mol. The Morgan fingerprint density at radius 2 is 2.45 bits per heavy atom. The predicted octanol–water partition coefficient (Wildman–Crippen LogP) is 1.99. The van der Waals surface area contributed by atoms with E-state index in [4.69, 9.17) is 10.2 Å². The number of aromatic nitrogens is 1. The lowest BCUT2D eigenvalue weighted by Crippen LogP contribution is -1.82. The van der Waals surface area contributed by atoms with Crippen molar-refractivity contribution in [3.05, 3.63) is 23.9 Å². The quantitative estimate of drug-likeness (QED) is 0.704. The van der Waals surface area contributed by atoms with Crippen LogP contribution in [0.1, 0.15) is 0 Å². The topological polar surface area (TPSA) is 52.0 Å². The normalized spacial score (nSPS) is 10.2. The summed E-state index contributed by atoms with van der Waals surface area (Å²) < 4.78 is 5.08. The van der Waals surface area contributed by atoms with Gasteiger partial charge in [-0.15, -0.1) is 11.3 Å². The van der Waals surface area contributed by atoms with Gasteiger partial charge >= 0.3 is 0 Å². The summed E-state index contributed by atoms with van der Waals surface area (Å²) in [6.07, 6.45) is 3.14. The summed E-state index contributed by atoms with van der Waals surface area (Å²) in [6, 6.07) is 1.84. The van der Waals surface area contributed by atoms with E-state index in [1.807, 2.05) is 11.4 Å². The maximum Gasteiger partial charge on any atom is 0.238 e. The van der Waals surface area contributed by atoms with Crippen molar-refractivity contribution < 1.29 is 4.42 Å². The number of hydrogen-bond donors (Lipinski definition) is 1. The van der Waals surface area contributed by atoms with Crippen LogP contribution in [-0.2, 0) is 0 Å². The number of hydrogen-bond acceptors (Lipinski definition) is 4. The minimum absolute atomic E-state index is 0.595. The molecule has 0 atom stereocenters. The number of nitrogens with zero attached hydrogens (tertiary/aromatic N) is 1. The zero-order valence-corrected chi connectivity index (χ0v) is 6.47. The Labute approximate surface area is 67.5 Å². The molecule has 0 amide bonds. The van der Waals surface area contributed by atoms with Gasteiger partial charge in [-0.25, -0.2) is 4.98 Å². The number of rotatable bonds is 1. The summed E-state index contributed by atoms with van der Waals surface area (Å²) >= 11 is 1.53. The van der Waals surface area contributed by atoms with Gasteiger partial charge in [0.1, 0.15) is 11.1 Å². The summed E-state index contributed by atoms with van der Waals surface area (Å²) in [5, 5.41) is 1.91. The van der Waals surface area contributed by atoms with E-state index in [1.54, 1.807) is 6.20 Å². The maximum absolute atomic E-state index is 5.64. The molecule has 4 heteroatoms. The number of anilines is 1. The molecule has 2 aromatic heterocycles. The lowest BCUT2D eigenvalue weighted by Gasteiger charge is -1.89. The molecule has 0 radical (unpaired) electrons. The molecule has 2 rings (SSSR count). The molecule has 2 aromatic rings. The number of thiophene rings is 1. The summed E-state index contributed by atoms with van der Waals surface area (Å²) in [5.74, 6) is 0.595. The van der Waals surface area contributed by atoms with Gasteiger partial charge in [0.05, 0.1) is 11.9 Å². The van der Waals surface area contributed by atoms with Gasteiger partial charge in [-0.1, -0.05) is 0 Å². The van der Waals surface area contributed by atoms with Crippen LogP contribution >= 0.6 is 11.3 Å². The highest BCUT2D eigenvalue weighted by Gasteiger charge is 2.06. The molecule has 0 aliphatic heterocycles. The van der Waals surface area contributed by atoms with E-state index in [9.17, 15) is 0 Å². The fourth-order valence-electron chi connectivity index (χ4n) is 0.829. The molecule has 2 heterocycles. The van der Waals surface area contributed by atoms with Crippen LogP contribution in [0, 0.1) is 0 Å². The Hall–Kier alpha value is -1.29. The largest absolute Gasteiger partial charge is 0.444 e. The highest BCUT2D eigenvalue weighted by atomic mass is 32.1. The van der Waals surface area contributed by atoms with Gasteiger partial charge in [-0.2, -0.15) is 0 Å². The zero-order valence-electron chi connectivity index (χ0n) is 5.65. The molecule has 0 saturated carbocycles. The minimum atomic E-state index is 0.595. The molecule has 56 valence electrons. The summed E-state index contributed by atoms with van der Waals surface area (Å²) in [4.78, 5) is 4.88. The van der Waals surface area contributed by atoms with Crippen molar-refractivity contribution in [2.75, 3.05) is 5.73 Å². The van der Waals surface area contributed by atoms with Gasteiger partial charge in [-0.3, -0.25) is 0 Å². The molecule has 3 nitrogen and oxygen atoms in total. The third-order valence-electron chi connectivity index (χ3n) is 1.32. The second-order valence-corrected chi connectivity index (χ2v) is 2.96. The van der Waals surface area contributed by atoms with Crippen molar-refractivity contribution in [1.82, 2.24) is 4.98 Å². The van der Waals surface area contributed by atoms with Crippen LogP contribution < -0.4 is 5.73 Å². The summed E-state index contributed by atoms with van der Waals surface area (Å²) in [6.45, 7) is 0. The first-order valence-electron chi connectivity index (χ1n) is 3.11. The second kappa shape index (κ2) is 2.39. The molecule has 0 aliphatic carbocycles. The van der Waals surface area contributed by atoms with Crippen LogP contribution in [0.15, 0.2) is 28.3 Å². The van der Waals surface area contributed by atoms with E-state index in [2.05, 4.69) is 4.98 Å². The number of oxazole rings is 1. The van der Waals surface area contributed by atoms with Crippen LogP contribution in [0.5, 0.6) is 0 Å². The fraction of sp³-hybridized carbons (Fsp3) is 0. The first kappa shape index (κ1) is 6.42. The Morgan fingerprint density at radius 3 is 3.00 bits per heavy atom. The van der Waals surface area contributed by atoms with Crippen LogP contribution in [0.4, 0.5) is 5.69 Å². The van der Waals surface area contributed by atoms with Gasteiger partial charge in [-0.05, 0) is 11.4 Å². The van der Waals surface area contributed by atoms with Crippen molar-refractivity contribution in [3.63, 3.8) is 0 Å². The smallest absolute Gasteiger partial charge is 0.238 e. The average molecular weight is 166 g/mol. The first-order valence-corrected chi connectivity index (χ1v) is 3.99. The number of nitrogen functional groups attached to an aromatic ring is 1. The highest BCUT2D eigenvalue weighted by Crippen LogP contribution is 2.29.